The summed E-state index contributed by atoms with van der Waals surface area (Å²) in [5, 5.41) is 42.3. The summed E-state index contributed by atoms with van der Waals surface area (Å²) < 4.78 is 11.0. The molecular formula is C26H32N2O9. The van der Waals surface area contributed by atoms with Crippen molar-refractivity contribution in [1.82, 2.24) is 5.32 Å². The molecule has 0 saturated carbocycles. The van der Waals surface area contributed by atoms with Crippen LogP contribution in [0.1, 0.15) is 38.0 Å². The van der Waals surface area contributed by atoms with E-state index in [0.29, 0.717) is 35.8 Å². The number of fused-ring (bicyclic) bond motifs is 1. The maximum Gasteiger partial charge on any atom is 0.328 e. The predicted octanol–water partition coefficient (Wildman–Crippen LogP) is 2.48. The van der Waals surface area contributed by atoms with E-state index >= 15 is 0 Å². The van der Waals surface area contributed by atoms with Crippen molar-refractivity contribution in [2.45, 2.75) is 38.8 Å². The van der Waals surface area contributed by atoms with E-state index < -0.39 is 18.0 Å². The number of aromatic hydroxyl groups is 1. The first kappa shape index (κ1) is 29.1. The summed E-state index contributed by atoms with van der Waals surface area (Å²) in [5.74, 6) is -1.62. The van der Waals surface area contributed by atoms with Gasteiger partial charge in [-0.1, -0.05) is 12.1 Å². The third-order valence-electron chi connectivity index (χ3n) is 5.11. The number of hydrogen-bond donors (Lipinski definition) is 6. The van der Waals surface area contributed by atoms with Gasteiger partial charge in [-0.05, 0) is 51.0 Å². The largest absolute Gasteiger partial charge is 0.508 e. The molecule has 1 aliphatic rings. The summed E-state index contributed by atoms with van der Waals surface area (Å²) in [6, 6.07) is 10.8. The second kappa shape index (κ2) is 13.3. The Balaban J connectivity index is 0.000000521. The highest BCUT2D eigenvalue weighted by Gasteiger charge is 2.26. The molecule has 2 aromatic carbocycles. The summed E-state index contributed by atoms with van der Waals surface area (Å²) in [5.41, 5.74) is 1.68. The van der Waals surface area contributed by atoms with Crippen LogP contribution in [0.5, 0.6) is 17.2 Å². The van der Waals surface area contributed by atoms with Crippen LogP contribution in [0.4, 0.5) is 5.69 Å². The molecule has 3 rings (SSSR count). The fourth-order valence-corrected chi connectivity index (χ4v) is 3.53. The standard InChI is InChI=1S/C22H28N2O5.C4H4O4/c1-4-28-16-7-5-14(6-8-16)11-22(2,3)23-12-19(26)17-9-15(25)10-18-21(17)29-13-20(27)24-18;5-3(6)1-2-4(7)8/h5-10,19,23,25-26H,4,11-13H2,1-3H3,(H,24,27);1-2H,(H,5,6)(H,7,8)/t19-;/m0./s1. The molecule has 0 spiro atoms. The highest BCUT2D eigenvalue weighted by Crippen LogP contribution is 2.38. The number of hydrogen-bond acceptors (Lipinski definition) is 8. The summed E-state index contributed by atoms with van der Waals surface area (Å²) in [6.45, 7) is 6.85. The molecule has 0 aliphatic carbocycles. The summed E-state index contributed by atoms with van der Waals surface area (Å²) >= 11 is 0. The number of phenols is 1. The minimum Gasteiger partial charge on any atom is -0.508 e. The van der Waals surface area contributed by atoms with Crippen LogP contribution in [0, 0.1) is 0 Å². The molecule has 2 aromatic rings. The number of nitrogens with one attached hydrogen (secondary N) is 2. The van der Waals surface area contributed by atoms with Crippen molar-refractivity contribution in [2.75, 3.05) is 25.1 Å². The number of ether oxygens (including phenoxy) is 2. The molecule has 0 unspecified atom stereocenters. The van der Waals surface area contributed by atoms with E-state index in [4.69, 9.17) is 19.7 Å². The number of carbonyl (C=O) groups excluding carboxylic acids is 1. The van der Waals surface area contributed by atoms with Crippen molar-refractivity contribution in [3.05, 3.63) is 59.7 Å². The Morgan fingerprint density at radius 2 is 1.78 bits per heavy atom. The SMILES string of the molecule is CCOc1ccc(CC(C)(C)NC[C@H](O)c2cc(O)cc3c2OCC(=O)N3)cc1.O=C(O)C=CC(=O)O. The summed E-state index contributed by atoms with van der Waals surface area (Å²) in [4.78, 5) is 30.6. The molecule has 1 atom stereocenters. The Bertz CT molecular complexity index is 1110. The lowest BCUT2D eigenvalue weighted by Gasteiger charge is -2.29. The Hall–Kier alpha value is -4.09. The topological polar surface area (TPSA) is 175 Å². The van der Waals surface area contributed by atoms with Crippen molar-refractivity contribution >= 4 is 23.5 Å². The molecule has 0 bridgehead atoms. The number of carboxylic acids is 2. The molecule has 0 fully saturated rings. The average Bonchev–Trinajstić information content (AvgIpc) is 2.82. The highest BCUT2D eigenvalue weighted by molar-refractivity contribution is 5.96. The lowest BCUT2D eigenvalue weighted by Crippen LogP contribution is -2.43. The van der Waals surface area contributed by atoms with Crippen LogP contribution in [0.2, 0.25) is 0 Å². The maximum absolute atomic E-state index is 11.5. The maximum atomic E-state index is 11.5. The predicted molar refractivity (Wildman–Crippen MR) is 135 cm³/mol. The van der Waals surface area contributed by atoms with E-state index in [1.807, 2.05) is 31.2 Å². The lowest BCUT2D eigenvalue weighted by molar-refractivity contribution is -0.134. The van der Waals surface area contributed by atoms with Crippen LogP contribution >= 0.6 is 0 Å². The van der Waals surface area contributed by atoms with Gasteiger partial charge in [-0.3, -0.25) is 4.79 Å². The minimum absolute atomic E-state index is 0.0442. The third kappa shape index (κ3) is 9.82. The van der Waals surface area contributed by atoms with Gasteiger partial charge in [-0.2, -0.15) is 0 Å². The number of rotatable bonds is 10. The van der Waals surface area contributed by atoms with Gasteiger partial charge in [0.15, 0.2) is 6.61 Å². The average molecular weight is 517 g/mol. The first-order chi connectivity index (χ1) is 17.4. The molecule has 1 heterocycles. The number of aliphatic carboxylic acids is 2. The summed E-state index contributed by atoms with van der Waals surface area (Å²) in [7, 11) is 0. The van der Waals surface area contributed by atoms with E-state index in [2.05, 4.69) is 24.5 Å². The van der Waals surface area contributed by atoms with E-state index in [-0.39, 0.29) is 30.3 Å². The van der Waals surface area contributed by atoms with Crippen LogP contribution in [-0.4, -0.2) is 63.6 Å². The van der Waals surface area contributed by atoms with Crippen molar-refractivity contribution in [3.8, 4) is 17.2 Å². The number of anilines is 1. The monoisotopic (exact) mass is 516 g/mol. The van der Waals surface area contributed by atoms with Crippen molar-refractivity contribution < 1.29 is 44.3 Å². The van der Waals surface area contributed by atoms with Gasteiger partial charge in [0, 0.05) is 35.9 Å². The molecule has 0 radical (unpaired) electrons. The zero-order valence-electron chi connectivity index (χ0n) is 20.9. The number of carboxylic acid groups (broad SMARTS) is 2. The number of amides is 1. The Labute approximate surface area is 214 Å². The van der Waals surface area contributed by atoms with E-state index in [1.165, 1.54) is 12.1 Å². The number of aliphatic hydroxyl groups excluding tert-OH is 1. The molecule has 6 N–H and O–H groups in total. The molecule has 1 aliphatic heterocycles. The van der Waals surface area contributed by atoms with Gasteiger partial charge in [-0.25, -0.2) is 9.59 Å². The number of benzene rings is 2. The normalized spacial score (nSPS) is 13.5. The number of carbonyl (C=O) groups is 3. The Kier molecular flexibility index (Phi) is 10.5. The van der Waals surface area contributed by atoms with Crippen LogP contribution in [0.25, 0.3) is 0 Å². The second-order valence-corrected chi connectivity index (χ2v) is 8.79. The molecule has 200 valence electrons. The van der Waals surface area contributed by atoms with Crippen LogP contribution in [-0.2, 0) is 20.8 Å². The van der Waals surface area contributed by atoms with Crippen LogP contribution in [0.3, 0.4) is 0 Å². The van der Waals surface area contributed by atoms with E-state index in [9.17, 15) is 24.6 Å². The van der Waals surface area contributed by atoms with Gasteiger partial charge in [0.05, 0.1) is 18.4 Å². The zero-order chi connectivity index (χ0) is 27.6. The van der Waals surface area contributed by atoms with Crippen LogP contribution in [0.15, 0.2) is 48.6 Å². The zero-order valence-corrected chi connectivity index (χ0v) is 20.9. The lowest BCUT2D eigenvalue weighted by atomic mass is 9.94. The highest BCUT2D eigenvalue weighted by atomic mass is 16.5. The molecule has 37 heavy (non-hydrogen) atoms. The number of aliphatic hydroxyl groups is 1. The van der Waals surface area contributed by atoms with E-state index in [1.54, 1.807) is 0 Å². The molecule has 0 saturated heterocycles. The second-order valence-electron chi connectivity index (χ2n) is 8.79. The van der Waals surface area contributed by atoms with Gasteiger partial charge in [-0.15, -0.1) is 0 Å². The first-order valence-electron chi connectivity index (χ1n) is 11.5. The molecule has 0 aromatic heterocycles. The molecular weight excluding hydrogens is 484 g/mol. The minimum atomic E-state index is -1.26. The smallest absolute Gasteiger partial charge is 0.328 e. The fraction of sp³-hybridized carbons (Fsp3) is 0.346. The van der Waals surface area contributed by atoms with E-state index in [0.717, 1.165) is 17.7 Å². The molecule has 11 heteroatoms. The molecule has 1 amide bonds. The fourth-order valence-electron chi connectivity index (χ4n) is 3.53. The molecule has 11 nitrogen and oxygen atoms in total. The summed E-state index contributed by atoms with van der Waals surface area (Å²) in [6.07, 6.45) is 0.965. The van der Waals surface area contributed by atoms with Crippen molar-refractivity contribution in [3.63, 3.8) is 0 Å². The number of phenolic OH excluding ortho intramolecular Hbond substituents is 1. The van der Waals surface area contributed by atoms with Crippen molar-refractivity contribution in [1.29, 1.82) is 0 Å². The van der Waals surface area contributed by atoms with Gasteiger partial charge in [0.1, 0.15) is 17.2 Å². The Morgan fingerprint density at radius 1 is 1.16 bits per heavy atom. The number of β-amino-alcohol motifs (C(OH)–C–C–N with tert-alkyl or cyclic N) is 1. The van der Waals surface area contributed by atoms with Gasteiger partial charge in [0.25, 0.3) is 5.91 Å². The third-order valence-corrected chi connectivity index (χ3v) is 5.11. The van der Waals surface area contributed by atoms with Gasteiger partial charge >= 0.3 is 11.9 Å². The van der Waals surface area contributed by atoms with Gasteiger partial charge in [0.2, 0.25) is 0 Å². The van der Waals surface area contributed by atoms with Crippen molar-refractivity contribution in [2.24, 2.45) is 0 Å². The Morgan fingerprint density at radius 3 is 2.35 bits per heavy atom. The quantitative estimate of drug-likeness (QED) is 0.257. The van der Waals surface area contributed by atoms with Gasteiger partial charge < -0.3 is 40.5 Å². The van der Waals surface area contributed by atoms with Crippen LogP contribution < -0.4 is 20.1 Å². The first-order valence-corrected chi connectivity index (χ1v) is 11.5.